The summed E-state index contributed by atoms with van der Waals surface area (Å²) in [5.74, 6) is 1.34. The lowest BCUT2D eigenvalue weighted by Crippen LogP contribution is -2.34. The Morgan fingerprint density at radius 2 is 2.00 bits per heavy atom. The fourth-order valence-electron chi connectivity index (χ4n) is 2.26. The molecule has 1 saturated heterocycles. The predicted molar refractivity (Wildman–Crippen MR) is 103 cm³/mol. The Balaban J connectivity index is 0.000000648. The van der Waals surface area contributed by atoms with Crippen LogP contribution >= 0.6 is 11.6 Å². The Labute approximate surface area is 150 Å². The van der Waals surface area contributed by atoms with Gasteiger partial charge in [-0.05, 0) is 44.5 Å². The largest absolute Gasteiger partial charge is 0.489 e. The Kier molecular flexibility index (Phi) is 10.7. The van der Waals surface area contributed by atoms with Crippen molar-refractivity contribution in [1.82, 2.24) is 10.2 Å². The molecule has 0 saturated carbocycles. The average Bonchev–Trinajstić information content (AvgIpc) is 2.91. The van der Waals surface area contributed by atoms with Crippen LogP contribution in [0.2, 0.25) is 0 Å². The topological polar surface area (TPSA) is 48.4 Å². The van der Waals surface area contributed by atoms with E-state index in [0.29, 0.717) is 12.4 Å². The summed E-state index contributed by atoms with van der Waals surface area (Å²) < 4.78 is 5.75. The maximum Gasteiger partial charge on any atom is 0.131 e. The smallest absolute Gasteiger partial charge is 0.131 e. The highest BCUT2D eigenvalue weighted by Crippen LogP contribution is 2.20. The summed E-state index contributed by atoms with van der Waals surface area (Å²) >= 11 is 5.01. The van der Waals surface area contributed by atoms with Gasteiger partial charge in [0.15, 0.2) is 0 Å². The van der Waals surface area contributed by atoms with Gasteiger partial charge in [0.1, 0.15) is 18.2 Å². The third-order valence-corrected chi connectivity index (χ3v) is 3.75. The molecule has 1 aliphatic heterocycles. The molecule has 1 fully saturated rings. The molecule has 1 heterocycles. The van der Waals surface area contributed by atoms with Gasteiger partial charge in [-0.3, -0.25) is 5.41 Å². The standard InChI is InChI=1S/C16H23N3O.C3H5Cl/c1-2-3-13-20-15-8-5-4-7-14(15)16(17)19-11-6-9-18-10-12-19;1-2-3-4/h2-5,7-8,17-18H,6,9-13H2,1H3;2-3H,1H3/b3-2-,17-16?;3-2+. The molecule has 132 valence electrons. The lowest BCUT2D eigenvalue weighted by atomic mass is 10.1. The average molecular weight is 350 g/mol. The van der Waals surface area contributed by atoms with Crippen LogP contribution < -0.4 is 10.1 Å². The highest BCUT2D eigenvalue weighted by Gasteiger charge is 2.16. The SMILES string of the molecule is C/C=C/Cl.C/C=C\COc1ccccc1C(=N)N1CCCNCC1. The van der Waals surface area contributed by atoms with Crippen molar-refractivity contribution in [3.8, 4) is 5.75 Å². The minimum Gasteiger partial charge on any atom is -0.489 e. The zero-order chi connectivity index (χ0) is 17.6. The van der Waals surface area contributed by atoms with Gasteiger partial charge in [0, 0.05) is 19.6 Å². The quantitative estimate of drug-likeness (QED) is 0.490. The second kappa shape index (κ2) is 12.6. The number of halogens is 1. The van der Waals surface area contributed by atoms with E-state index >= 15 is 0 Å². The number of para-hydroxylation sites is 1. The van der Waals surface area contributed by atoms with E-state index in [9.17, 15) is 0 Å². The molecule has 1 aliphatic rings. The molecule has 1 aromatic rings. The van der Waals surface area contributed by atoms with Gasteiger partial charge in [-0.1, -0.05) is 42.0 Å². The van der Waals surface area contributed by atoms with Crippen molar-refractivity contribution in [2.75, 3.05) is 32.8 Å². The maximum atomic E-state index is 8.44. The van der Waals surface area contributed by atoms with Gasteiger partial charge in [0.2, 0.25) is 0 Å². The Morgan fingerprint density at radius 3 is 2.71 bits per heavy atom. The second-order valence-corrected chi connectivity index (χ2v) is 5.53. The molecule has 0 atom stereocenters. The van der Waals surface area contributed by atoms with Crippen LogP contribution in [0.5, 0.6) is 5.75 Å². The first-order valence-electron chi connectivity index (χ1n) is 8.33. The third-order valence-electron chi connectivity index (χ3n) is 3.50. The first kappa shape index (κ1) is 20.3. The van der Waals surface area contributed by atoms with Gasteiger partial charge >= 0.3 is 0 Å². The molecule has 0 aliphatic carbocycles. The molecule has 4 nitrogen and oxygen atoms in total. The van der Waals surface area contributed by atoms with Gasteiger partial charge < -0.3 is 15.0 Å². The normalized spacial score (nSPS) is 15.0. The summed E-state index contributed by atoms with van der Waals surface area (Å²) in [7, 11) is 0. The summed E-state index contributed by atoms with van der Waals surface area (Å²) in [5, 5.41) is 11.8. The van der Waals surface area contributed by atoms with Crippen LogP contribution in [-0.4, -0.2) is 43.5 Å². The molecule has 5 heteroatoms. The molecule has 0 aromatic heterocycles. The monoisotopic (exact) mass is 349 g/mol. The molecular weight excluding hydrogens is 322 g/mol. The van der Waals surface area contributed by atoms with Crippen molar-refractivity contribution in [3.63, 3.8) is 0 Å². The van der Waals surface area contributed by atoms with Crippen LogP contribution in [0.4, 0.5) is 0 Å². The van der Waals surface area contributed by atoms with Crippen molar-refractivity contribution in [3.05, 3.63) is 53.6 Å². The van der Waals surface area contributed by atoms with Crippen LogP contribution in [0.3, 0.4) is 0 Å². The summed E-state index contributed by atoms with van der Waals surface area (Å²) in [6, 6.07) is 7.81. The molecule has 0 radical (unpaired) electrons. The first-order chi connectivity index (χ1) is 11.7. The highest BCUT2D eigenvalue weighted by molar-refractivity contribution is 6.25. The lowest BCUT2D eigenvalue weighted by Gasteiger charge is -2.24. The number of nitrogens with zero attached hydrogens (tertiary/aromatic N) is 1. The summed E-state index contributed by atoms with van der Waals surface area (Å²) in [4.78, 5) is 2.12. The van der Waals surface area contributed by atoms with Crippen molar-refractivity contribution in [1.29, 1.82) is 5.41 Å². The Morgan fingerprint density at radius 1 is 1.25 bits per heavy atom. The molecule has 2 N–H and O–H groups in total. The van der Waals surface area contributed by atoms with Crippen LogP contribution in [0.15, 0.2) is 48.0 Å². The zero-order valence-corrected chi connectivity index (χ0v) is 15.4. The molecule has 0 unspecified atom stereocenters. The first-order valence-corrected chi connectivity index (χ1v) is 8.77. The summed E-state index contributed by atoms with van der Waals surface area (Å²) in [5.41, 5.74) is 2.35. The maximum absolute atomic E-state index is 8.44. The molecule has 0 bridgehead atoms. The molecule has 24 heavy (non-hydrogen) atoms. The molecule has 0 amide bonds. The van der Waals surface area contributed by atoms with Gasteiger partial charge in [0.25, 0.3) is 0 Å². The Bertz CT molecular complexity index is 531. The molecule has 1 aromatic carbocycles. The van der Waals surface area contributed by atoms with Crippen molar-refractivity contribution < 1.29 is 4.74 Å². The van der Waals surface area contributed by atoms with E-state index < -0.39 is 0 Å². The highest BCUT2D eigenvalue weighted by atomic mass is 35.5. The van der Waals surface area contributed by atoms with Crippen LogP contribution in [0.25, 0.3) is 0 Å². The fraction of sp³-hybridized carbons (Fsp3) is 0.421. The summed E-state index contributed by atoms with van der Waals surface area (Å²) in [6.07, 6.45) is 6.77. The third kappa shape index (κ3) is 7.20. The van der Waals surface area contributed by atoms with Gasteiger partial charge in [-0.2, -0.15) is 0 Å². The van der Waals surface area contributed by atoms with Crippen LogP contribution in [-0.2, 0) is 0 Å². The number of ether oxygens (including phenoxy) is 1. The number of hydrogen-bond acceptors (Lipinski definition) is 3. The fourth-order valence-corrected chi connectivity index (χ4v) is 2.26. The number of amidine groups is 1. The molecular formula is C19H28ClN3O. The minimum atomic E-state index is 0.544. The van der Waals surface area contributed by atoms with Gasteiger partial charge in [-0.25, -0.2) is 0 Å². The zero-order valence-electron chi connectivity index (χ0n) is 14.6. The molecule has 0 spiro atoms. The van der Waals surface area contributed by atoms with E-state index in [1.807, 2.05) is 50.3 Å². The lowest BCUT2D eigenvalue weighted by molar-refractivity contribution is 0.359. The van der Waals surface area contributed by atoms with Crippen LogP contribution in [0, 0.1) is 5.41 Å². The number of nitrogens with one attached hydrogen (secondary N) is 2. The van der Waals surface area contributed by atoms with E-state index in [1.54, 1.807) is 6.08 Å². The number of rotatable bonds is 4. The van der Waals surface area contributed by atoms with Gasteiger partial charge in [-0.15, -0.1) is 0 Å². The number of hydrogen-bond donors (Lipinski definition) is 2. The number of allylic oxidation sites excluding steroid dienone is 2. The van der Waals surface area contributed by atoms with E-state index in [0.717, 1.165) is 43.9 Å². The molecule has 2 rings (SSSR count). The minimum absolute atomic E-state index is 0.544. The van der Waals surface area contributed by atoms with E-state index in [4.69, 9.17) is 21.7 Å². The van der Waals surface area contributed by atoms with Gasteiger partial charge in [0.05, 0.1) is 5.56 Å². The number of benzene rings is 1. The van der Waals surface area contributed by atoms with Crippen LogP contribution in [0.1, 0.15) is 25.8 Å². The van der Waals surface area contributed by atoms with Crippen molar-refractivity contribution >= 4 is 17.4 Å². The van der Waals surface area contributed by atoms with E-state index in [2.05, 4.69) is 10.2 Å². The van der Waals surface area contributed by atoms with E-state index in [-0.39, 0.29) is 0 Å². The Hall–Kier alpha value is -1.78. The van der Waals surface area contributed by atoms with Crippen molar-refractivity contribution in [2.45, 2.75) is 20.3 Å². The van der Waals surface area contributed by atoms with E-state index in [1.165, 1.54) is 5.54 Å². The predicted octanol–water partition coefficient (Wildman–Crippen LogP) is 4.02. The second-order valence-electron chi connectivity index (χ2n) is 5.27. The van der Waals surface area contributed by atoms with Crippen molar-refractivity contribution in [2.24, 2.45) is 0 Å². The summed E-state index contributed by atoms with van der Waals surface area (Å²) in [6.45, 7) is 8.15.